The molecule has 0 spiro atoms. The molecule has 2 heterocycles. The number of carbonyl (C=O) groups is 1. The van der Waals surface area contributed by atoms with Crippen molar-refractivity contribution in [1.82, 2.24) is 4.90 Å². The fourth-order valence-electron chi connectivity index (χ4n) is 4.36. The van der Waals surface area contributed by atoms with E-state index in [4.69, 9.17) is 4.74 Å². The monoisotopic (exact) mass is 428 g/mol. The van der Waals surface area contributed by atoms with Crippen LogP contribution in [0, 0.1) is 5.92 Å². The Bertz CT molecular complexity index is 985. The summed E-state index contributed by atoms with van der Waals surface area (Å²) < 4.78 is 31.8. The molecule has 0 bridgehead atoms. The molecule has 0 aromatic heterocycles. The molecule has 0 radical (unpaired) electrons. The number of piperidine rings is 1. The molecule has 0 unspecified atom stereocenters. The Hall–Kier alpha value is -2.54. The van der Waals surface area contributed by atoms with Crippen LogP contribution in [0.2, 0.25) is 0 Å². The highest BCUT2D eigenvalue weighted by molar-refractivity contribution is 7.92. The molecule has 1 atom stereocenters. The fraction of sp³-hybridized carbons (Fsp3) is 0.435. The average molecular weight is 429 g/mol. The number of benzene rings is 2. The molecular weight excluding hydrogens is 400 g/mol. The average Bonchev–Trinajstić information content (AvgIpc) is 2.94. The van der Waals surface area contributed by atoms with Crippen molar-refractivity contribution in [2.75, 3.05) is 30.2 Å². The summed E-state index contributed by atoms with van der Waals surface area (Å²) in [6, 6.07) is 17.5. The lowest BCUT2D eigenvalue weighted by molar-refractivity contribution is -0.140. The first-order valence-electron chi connectivity index (χ1n) is 10.5. The van der Waals surface area contributed by atoms with E-state index in [0.29, 0.717) is 36.9 Å². The van der Waals surface area contributed by atoms with Crippen molar-refractivity contribution in [2.24, 2.45) is 5.92 Å². The standard InChI is InChI=1S/C23H28N2O4S/c1-30(27,28)25-16-13-22(29-21-10-6-5-9-20(21)25)23(26)24-14-11-19(12-15-24)17-18-7-3-2-4-8-18/h2-10,19,22H,11-17H2,1H3/t22-/m1/s1. The number of anilines is 1. The van der Waals surface area contributed by atoms with Gasteiger partial charge in [-0.15, -0.1) is 0 Å². The second-order valence-corrected chi connectivity index (χ2v) is 10.1. The van der Waals surface area contributed by atoms with E-state index in [0.717, 1.165) is 19.3 Å². The summed E-state index contributed by atoms with van der Waals surface area (Å²) in [4.78, 5) is 15.0. The third kappa shape index (κ3) is 4.61. The van der Waals surface area contributed by atoms with Gasteiger partial charge >= 0.3 is 0 Å². The molecule has 0 aliphatic carbocycles. The molecule has 1 saturated heterocycles. The molecule has 1 fully saturated rings. The van der Waals surface area contributed by atoms with Gasteiger partial charge in [-0.25, -0.2) is 8.42 Å². The first-order valence-corrected chi connectivity index (χ1v) is 12.3. The van der Waals surface area contributed by atoms with E-state index in [1.165, 1.54) is 16.1 Å². The quantitative estimate of drug-likeness (QED) is 0.751. The van der Waals surface area contributed by atoms with E-state index in [9.17, 15) is 13.2 Å². The Morgan fingerprint density at radius 2 is 1.63 bits per heavy atom. The number of ether oxygens (including phenoxy) is 1. The maximum atomic E-state index is 13.2. The van der Waals surface area contributed by atoms with Crippen LogP contribution in [0.1, 0.15) is 24.8 Å². The lowest BCUT2D eigenvalue weighted by Crippen LogP contribution is -2.46. The number of sulfonamides is 1. The van der Waals surface area contributed by atoms with Gasteiger partial charge in [-0.3, -0.25) is 9.10 Å². The third-order valence-electron chi connectivity index (χ3n) is 5.97. The third-order valence-corrected chi connectivity index (χ3v) is 7.15. The summed E-state index contributed by atoms with van der Waals surface area (Å²) in [5.41, 5.74) is 1.84. The minimum atomic E-state index is -3.45. The Morgan fingerprint density at radius 1 is 0.967 bits per heavy atom. The van der Waals surface area contributed by atoms with E-state index in [2.05, 4.69) is 24.3 Å². The van der Waals surface area contributed by atoms with E-state index in [1.807, 2.05) is 11.0 Å². The number of carbonyl (C=O) groups excluding carboxylic acids is 1. The molecule has 6 nitrogen and oxygen atoms in total. The van der Waals surface area contributed by atoms with Crippen LogP contribution in [-0.4, -0.2) is 51.2 Å². The van der Waals surface area contributed by atoms with Crippen LogP contribution in [0.5, 0.6) is 5.75 Å². The molecule has 2 aliphatic heterocycles. The highest BCUT2D eigenvalue weighted by atomic mass is 32.2. The SMILES string of the molecule is CS(=O)(=O)N1CC[C@H](C(=O)N2CCC(Cc3ccccc3)CC2)Oc2ccccc21. The van der Waals surface area contributed by atoms with Crippen LogP contribution in [-0.2, 0) is 21.2 Å². The van der Waals surface area contributed by atoms with Gasteiger partial charge in [0.1, 0.15) is 5.75 Å². The molecule has 4 rings (SSSR count). The van der Waals surface area contributed by atoms with Crippen LogP contribution >= 0.6 is 0 Å². The normalized spacial score (nSPS) is 20.2. The lowest BCUT2D eigenvalue weighted by Gasteiger charge is -2.34. The zero-order chi connectivity index (χ0) is 21.1. The van der Waals surface area contributed by atoms with Gasteiger partial charge in [0.25, 0.3) is 5.91 Å². The second kappa shape index (κ2) is 8.68. The number of nitrogens with zero attached hydrogens (tertiary/aromatic N) is 2. The molecule has 0 saturated carbocycles. The number of rotatable bonds is 4. The Balaban J connectivity index is 1.41. The van der Waals surface area contributed by atoms with E-state index >= 15 is 0 Å². The number of hydrogen-bond donors (Lipinski definition) is 0. The fourth-order valence-corrected chi connectivity index (χ4v) is 5.30. The predicted molar refractivity (Wildman–Crippen MR) is 117 cm³/mol. The maximum absolute atomic E-state index is 13.2. The summed E-state index contributed by atoms with van der Waals surface area (Å²) in [7, 11) is -3.45. The van der Waals surface area contributed by atoms with Crippen LogP contribution in [0.25, 0.3) is 0 Å². The number of para-hydroxylation sites is 2. The van der Waals surface area contributed by atoms with Crippen LogP contribution in [0.15, 0.2) is 54.6 Å². The molecule has 2 aromatic rings. The van der Waals surface area contributed by atoms with Crippen LogP contribution < -0.4 is 9.04 Å². The van der Waals surface area contributed by atoms with Gasteiger partial charge in [0.05, 0.1) is 11.9 Å². The van der Waals surface area contributed by atoms with Crippen molar-refractivity contribution in [2.45, 2.75) is 31.8 Å². The second-order valence-electron chi connectivity index (χ2n) is 8.16. The molecule has 7 heteroatoms. The molecular formula is C23H28N2O4S. The van der Waals surface area contributed by atoms with Crippen molar-refractivity contribution in [3.8, 4) is 5.75 Å². The summed E-state index contributed by atoms with van der Waals surface area (Å²) in [5, 5.41) is 0. The zero-order valence-corrected chi connectivity index (χ0v) is 18.1. The molecule has 160 valence electrons. The van der Waals surface area contributed by atoms with E-state index in [-0.39, 0.29) is 12.5 Å². The van der Waals surface area contributed by atoms with Gasteiger partial charge in [-0.1, -0.05) is 42.5 Å². The molecule has 0 N–H and O–H groups in total. The maximum Gasteiger partial charge on any atom is 0.263 e. The van der Waals surface area contributed by atoms with Crippen molar-refractivity contribution >= 4 is 21.6 Å². The molecule has 2 aliphatic rings. The van der Waals surface area contributed by atoms with Crippen molar-refractivity contribution in [3.63, 3.8) is 0 Å². The smallest absolute Gasteiger partial charge is 0.263 e. The predicted octanol–water partition coefficient (Wildman–Crippen LogP) is 3.09. The summed E-state index contributed by atoms with van der Waals surface area (Å²) in [5.74, 6) is 0.976. The Kier molecular flexibility index (Phi) is 5.99. The van der Waals surface area contributed by atoms with Crippen molar-refractivity contribution in [1.29, 1.82) is 0 Å². The molecule has 2 aromatic carbocycles. The largest absolute Gasteiger partial charge is 0.478 e. The minimum Gasteiger partial charge on any atom is -0.478 e. The molecule has 30 heavy (non-hydrogen) atoms. The van der Waals surface area contributed by atoms with Gasteiger partial charge < -0.3 is 9.64 Å². The van der Waals surface area contributed by atoms with Gasteiger partial charge in [0, 0.05) is 26.1 Å². The number of amides is 1. The van der Waals surface area contributed by atoms with Gasteiger partial charge in [0.15, 0.2) is 6.10 Å². The molecule has 1 amide bonds. The first kappa shape index (κ1) is 20.7. The Labute approximate surface area is 178 Å². The van der Waals surface area contributed by atoms with Crippen molar-refractivity contribution in [3.05, 3.63) is 60.2 Å². The summed E-state index contributed by atoms with van der Waals surface area (Å²) in [6.45, 7) is 1.66. The number of likely N-dealkylation sites (tertiary alicyclic amines) is 1. The van der Waals surface area contributed by atoms with Crippen LogP contribution in [0.4, 0.5) is 5.69 Å². The number of hydrogen-bond acceptors (Lipinski definition) is 4. The Morgan fingerprint density at radius 3 is 2.33 bits per heavy atom. The van der Waals surface area contributed by atoms with Gasteiger partial charge in [-0.05, 0) is 42.9 Å². The zero-order valence-electron chi connectivity index (χ0n) is 17.2. The van der Waals surface area contributed by atoms with Crippen molar-refractivity contribution < 1.29 is 17.9 Å². The summed E-state index contributed by atoms with van der Waals surface area (Å²) in [6.07, 6.45) is 3.84. The minimum absolute atomic E-state index is 0.0432. The topological polar surface area (TPSA) is 66.9 Å². The van der Waals surface area contributed by atoms with Gasteiger partial charge in [-0.2, -0.15) is 0 Å². The van der Waals surface area contributed by atoms with E-state index < -0.39 is 16.1 Å². The lowest BCUT2D eigenvalue weighted by atomic mass is 9.90. The first-order chi connectivity index (χ1) is 14.4. The summed E-state index contributed by atoms with van der Waals surface area (Å²) >= 11 is 0. The van der Waals surface area contributed by atoms with Crippen LogP contribution in [0.3, 0.4) is 0 Å². The number of fused-ring (bicyclic) bond motifs is 1. The highest BCUT2D eigenvalue weighted by Crippen LogP contribution is 2.34. The van der Waals surface area contributed by atoms with Gasteiger partial charge in [0.2, 0.25) is 10.0 Å². The highest BCUT2D eigenvalue weighted by Gasteiger charge is 2.34. The van der Waals surface area contributed by atoms with E-state index in [1.54, 1.807) is 24.3 Å².